The summed E-state index contributed by atoms with van der Waals surface area (Å²) >= 11 is 0. The van der Waals surface area contributed by atoms with E-state index in [0.29, 0.717) is 0 Å². The normalized spacial score (nSPS) is 4.80. The van der Waals surface area contributed by atoms with Crippen molar-refractivity contribution in [2.45, 2.75) is 0 Å². The summed E-state index contributed by atoms with van der Waals surface area (Å²) in [4.78, 5) is 0. The molecule has 0 aliphatic carbocycles. The van der Waals surface area contributed by atoms with Crippen LogP contribution in [0, 0.1) is 5.41 Å². The summed E-state index contributed by atoms with van der Waals surface area (Å²) < 4.78 is 0. The van der Waals surface area contributed by atoms with Gasteiger partial charge in [-0.05, 0) is 0 Å². The average molecular weight is 181 g/mol. The molecule has 0 bridgehead atoms. The van der Waals surface area contributed by atoms with Crippen LogP contribution in [0.2, 0.25) is 0 Å². The first-order chi connectivity index (χ1) is 1.73. The first kappa shape index (κ1) is 8.92. The molecule has 3 nitrogen and oxygen atoms in total. The van der Waals surface area contributed by atoms with Crippen LogP contribution in [-0.2, 0) is 0 Å². The number of rotatable bonds is 0. The molecule has 0 unspecified atom stereocenters. The largest absolute Gasteiger partial charge is 0.370 e. The Morgan fingerprint density at radius 1 is 1.40 bits per heavy atom. The zero-order valence-electron chi connectivity index (χ0n) is 2.60. The molecule has 0 rings (SSSR count). The molecule has 0 aromatic rings. The minimum Gasteiger partial charge on any atom is -0.370 e. The van der Waals surface area contributed by atoms with Crippen LogP contribution in [0.15, 0.2) is 0 Å². The molecule has 0 atom stereocenters. The van der Waals surface area contributed by atoms with Gasteiger partial charge >= 0.3 is 0 Å². The Kier molecular flexibility index (Phi) is 7.29. The molecule has 0 saturated heterocycles. The second-order valence-corrected chi connectivity index (χ2v) is 0.455. The van der Waals surface area contributed by atoms with Crippen LogP contribution in [-0.4, -0.2) is 30.4 Å². The van der Waals surface area contributed by atoms with E-state index in [1.807, 2.05) is 0 Å². The number of hydrogen-bond donors (Lipinski definition) is 3. The van der Waals surface area contributed by atoms with E-state index in [9.17, 15) is 0 Å². The Bertz CT molecular complexity index is 29.9. The zero-order valence-corrected chi connectivity index (χ0v) is 5.15. The van der Waals surface area contributed by atoms with Crippen LogP contribution in [0.4, 0.5) is 0 Å². The topological polar surface area (TPSA) is 75.9 Å². The van der Waals surface area contributed by atoms with E-state index in [2.05, 4.69) is 11.5 Å². The summed E-state index contributed by atoms with van der Waals surface area (Å²) in [6.07, 6.45) is 0. The molecule has 0 aromatic heterocycles. The van der Waals surface area contributed by atoms with Gasteiger partial charge in [-0.15, -0.1) is 0 Å². The predicted molar refractivity (Wildman–Crippen MR) is 21.9 cm³/mol. The number of guanidine groups is 1. The van der Waals surface area contributed by atoms with Gasteiger partial charge in [-0.1, -0.05) is 0 Å². The Balaban J connectivity index is 0. The Morgan fingerprint density at radius 3 is 1.40 bits per heavy atom. The smallest absolute Gasteiger partial charge is 0.183 e. The fraction of sp³-hybridized carbons (Fsp3) is 0. The van der Waals surface area contributed by atoms with Gasteiger partial charge in [0.15, 0.2) is 5.96 Å². The van der Waals surface area contributed by atoms with Gasteiger partial charge in [0, 0.05) is 24.4 Å². The monoisotopic (exact) mass is 180 g/mol. The minimum absolute atomic E-state index is 0. The minimum atomic E-state index is -0.333. The molecule has 0 aliphatic rings. The maximum atomic E-state index is 6.06. The second kappa shape index (κ2) is 4.09. The van der Waals surface area contributed by atoms with E-state index >= 15 is 0 Å². The van der Waals surface area contributed by atoms with Gasteiger partial charge in [0.05, 0.1) is 0 Å². The van der Waals surface area contributed by atoms with Crippen molar-refractivity contribution in [2.75, 3.05) is 0 Å². The molecule has 0 heterocycles. The Morgan fingerprint density at radius 2 is 1.40 bits per heavy atom. The van der Waals surface area contributed by atoms with Gasteiger partial charge in [0.25, 0.3) is 0 Å². The third kappa shape index (κ3) is 2290. The number of nitrogens with two attached hydrogens (primary N) is 2. The number of hydrogen-bond acceptors (Lipinski definition) is 1. The first-order valence-electron chi connectivity index (χ1n) is 0.827. The van der Waals surface area contributed by atoms with Crippen LogP contribution >= 0.6 is 0 Å². The van der Waals surface area contributed by atoms with Gasteiger partial charge in [0.2, 0.25) is 0 Å². The van der Waals surface area contributed by atoms with Crippen molar-refractivity contribution >= 4 is 30.4 Å². The van der Waals surface area contributed by atoms with Crippen LogP contribution in [0.25, 0.3) is 0 Å². The van der Waals surface area contributed by atoms with Crippen molar-refractivity contribution in [1.82, 2.24) is 0 Å². The van der Waals surface area contributed by atoms with E-state index in [4.69, 9.17) is 5.41 Å². The molecule has 5 N–H and O–H groups in total. The summed E-state index contributed by atoms with van der Waals surface area (Å²) in [6, 6.07) is 0. The van der Waals surface area contributed by atoms with Crippen LogP contribution in [0.3, 0.4) is 0 Å². The SMILES string of the molecule is N=C(N)N.[Sb]. The van der Waals surface area contributed by atoms with Gasteiger partial charge in [-0.3, -0.25) is 5.41 Å². The van der Waals surface area contributed by atoms with Gasteiger partial charge in [-0.2, -0.15) is 0 Å². The second-order valence-electron chi connectivity index (χ2n) is 0.455. The van der Waals surface area contributed by atoms with E-state index in [1.165, 1.54) is 0 Å². The molecular weight excluding hydrogens is 176 g/mol. The van der Waals surface area contributed by atoms with E-state index in [-0.39, 0.29) is 30.4 Å². The summed E-state index contributed by atoms with van der Waals surface area (Å²) in [6.45, 7) is 0. The Hall–Kier alpha value is 0.0882. The van der Waals surface area contributed by atoms with E-state index in [0.717, 1.165) is 0 Å². The Labute approximate surface area is 47.7 Å². The van der Waals surface area contributed by atoms with Crippen molar-refractivity contribution in [3.63, 3.8) is 0 Å². The molecule has 29 valence electrons. The molecule has 0 amide bonds. The van der Waals surface area contributed by atoms with E-state index < -0.39 is 0 Å². The fourth-order valence-corrected chi connectivity index (χ4v) is 0. The summed E-state index contributed by atoms with van der Waals surface area (Å²) in [5.74, 6) is -0.333. The van der Waals surface area contributed by atoms with Gasteiger partial charge in [0.1, 0.15) is 0 Å². The van der Waals surface area contributed by atoms with Crippen molar-refractivity contribution in [3.05, 3.63) is 0 Å². The summed E-state index contributed by atoms with van der Waals surface area (Å²) in [7, 11) is 0. The first-order valence-corrected chi connectivity index (χ1v) is 0.827. The molecular formula is CH5N3Sb. The van der Waals surface area contributed by atoms with Gasteiger partial charge < -0.3 is 11.5 Å². The van der Waals surface area contributed by atoms with Crippen LogP contribution in [0.1, 0.15) is 0 Å². The molecule has 0 fully saturated rings. The molecule has 4 heteroatoms. The standard InChI is InChI=1S/CH5N3.Sb/c2-1(3)4;/h(H5,2,3,4);. The number of nitrogens with one attached hydrogen (secondary N) is 1. The maximum Gasteiger partial charge on any atom is 0.183 e. The average Bonchev–Trinajstić information content (AvgIpc) is 0.811. The fourth-order valence-electron chi connectivity index (χ4n) is 0. The maximum absolute atomic E-state index is 6.06. The quantitative estimate of drug-likeness (QED) is 0.240. The third-order valence-electron chi connectivity index (χ3n) is 0. The molecule has 0 saturated carbocycles. The summed E-state index contributed by atoms with van der Waals surface area (Å²) in [5.41, 5.74) is 8.94. The van der Waals surface area contributed by atoms with Crippen molar-refractivity contribution < 1.29 is 0 Å². The molecule has 0 spiro atoms. The predicted octanol–water partition coefficient (Wildman–Crippen LogP) is -1.54. The zero-order chi connectivity index (χ0) is 3.58. The van der Waals surface area contributed by atoms with E-state index in [1.54, 1.807) is 0 Å². The van der Waals surface area contributed by atoms with Crippen LogP contribution in [0.5, 0.6) is 0 Å². The van der Waals surface area contributed by atoms with Crippen molar-refractivity contribution in [1.29, 1.82) is 5.41 Å². The summed E-state index contributed by atoms with van der Waals surface area (Å²) in [5, 5.41) is 6.06. The molecule has 3 radical (unpaired) electrons. The van der Waals surface area contributed by atoms with Crippen LogP contribution < -0.4 is 11.5 Å². The molecule has 0 aliphatic heterocycles. The van der Waals surface area contributed by atoms with Crippen molar-refractivity contribution in [2.24, 2.45) is 11.5 Å². The van der Waals surface area contributed by atoms with Gasteiger partial charge in [-0.25, -0.2) is 0 Å². The van der Waals surface area contributed by atoms with Crippen molar-refractivity contribution in [3.8, 4) is 0 Å². The third-order valence-corrected chi connectivity index (χ3v) is 0. The molecule has 0 aromatic carbocycles. The molecule has 5 heavy (non-hydrogen) atoms.